The van der Waals surface area contributed by atoms with Gasteiger partial charge in [-0.1, -0.05) is 23.4 Å². The lowest BCUT2D eigenvalue weighted by molar-refractivity contribution is 0.194. The number of aliphatic hydroxyl groups excluding tert-OH is 1. The first kappa shape index (κ1) is 12.7. The Morgan fingerprint density at radius 3 is 2.85 bits per heavy atom. The first-order chi connectivity index (χ1) is 9.63. The zero-order valence-electron chi connectivity index (χ0n) is 11.5. The van der Waals surface area contributed by atoms with Crippen molar-refractivity contribution in [2.24, 2.45) is 0 Å². The SMILES string of the molecule is Cc1cc(Cn2cc(C(C)O)nn2)c2ccccc2n1. The number of pyridine rings is 1. The number of aliphatic hydroxyl groups is 1. The van der Waals surface area contributed by atoms with E-state index >= 15 is 0 Å². The molecule has 0 amide bonds. The molecular formula is C15H16N4O. The van der Waals surface area contributed by atoms with Gasteiger partial charge in [0.15, 0.2) is 0 Å². The lowest BCUT2D eigenvalue weighted by Crippen LogP contribution is -2.02. The normalized spacial score (nSPS) is 12.8. The van der Waals surface area contributed by atoms with Crippen molar-refractivity contribution in [2.45, 2.75) is 26.5 Å². The summed E-state index contributed by atoms with van der Waals surface area (Å²) in [6.45, 7) is 4.28. The van der Waals surface area contributed by atoms with Gasteiger partial charge in [0.2, 0.25) is 0 Å². The average Bonchev–Trinajstić information content (AvgIpc) is 2.87. The summed E-state index contributed by atoms with van der Waals surface area (Å²) in [7, 11) is 0. The van der Waals surface area contributed by atoms with Gasteiger partial charge in [0.1, 0.15) is 5.69 Å². The van der Waals surface area contributed by atoms with E-state index in [1.165, 1.54) is 0 Å². The Hall–Kier alpha value is -2.27. The van der Waals surface area contributed by atoms with Crippen LogP contribution in [0.2, 0.25) is 0 Å². The van der Waals surface area contributed by atoms with Gasteiger partial charge >= 0.3 is 0 Å². The Labute approximate surface area is 116 Å². The van der Waals surface area contributed by atoms with Gasteiger partial charge in [-0.3, -0.25) is 4.98 Å². The van der Waals surface area contributed by atoms with Crippen molar-refractivity contribution in [1.82, 2.24) is 20.0 Å². The summed E-state index contributed by atoms with van der Waals surface area (Å²) in [6.07, 6.45) is 1.18. The Balaban J connectivity index is 2.01. The van der Waals surface area contributed by atoms with Crippen molar-refractivity contribution >= 4 is 10.9 Å². The summed E-state index contributed by atoms with van der Waals surface area (Å²) in [4.78, 5) is 4.53. The molecule has 1 N–H and O–H groups in total. The van der Waals surface area contributed by atoms with Gasteiger partial charge in [0.25, 0.3) is 0 Å². The van der Waals surface area contributed by atoms with Gasteiger partial charge in [0, 0.05) is 11.1 Å². The lowest BCUT2D eigenvalue weighted by Gasteiger charge is -2.07. The molecule has 102 valence electrons. The molecule has 20 heavy (non-hydrogen) atoms. The van der Waals surface area contributed by atoms with E-state index in [1.807, 2.05) is 25.1 Å². The van der Waals surface area contributed by atoms with Crippen molar-refractivity contribution < 1.29 is 5.11 Å². The van der Waals surface area contributed by atoms with E-state index in [9.17, 15) is 5.11 Å². The van der Waals surface area contributed by atoms with Crippen molar-refractivity contribution in [3.05, 3.63) is 53.5 Å². The molecule has 0 aliphatic rings. The van der Waals surface area contributed by atoms with Crippen LogP contribution >= 0.6 is 0 Å². The van der Waals surface area contributed by atoms with Crippen LogP contribution in [-0.4, -0.2) is 25.1 Å². The zero-order valence-corrected chi connectivity index (χ0v) is 11.5. The second-order valence-electron chi connectivity index (χ2n) is 4.96. The number of fused-ring (bicyclic) bond motifs is 1. The van der Waals surface area contributed by atoms with Crippen LogP contribution in [-0.2, 0) is 6.54 Å². The van der Waals surface area contributed by atoms with Gasteiger partial charge in [-0.25, -0.2) is 4.68 Å². The number of aryl methyl sites for hydroxylation is 1. The van der Waals surface area contributed by atoms with E-state index in [0.717, 1.165) is 22.2 Å². The molecular weight excluding hydrogens is 252 g/mol. The fourth-order valence-corrected chi connectivity index (χ4v) is 2.28. The highest BCUT2D eigenvalue weighted by atomic mass is 16.3. The molecule has 0 saturated carbocycles. The number of benzene rings is 1. The number of nitrogens with zero attached hydrogens (tertiary/aromatic N) is 4. The summed E-state index contributed by atoms with van der Waals surface area (Å²) < 4.78 is 1.74. The van der Waals surface area contributed by atoms with E-state index in [-0.39, 0.29) is 0 Å². The highest BCUT2D eigenvalue weighted by Crippen LogP contribution is 2.19. The predicted octanol–water partition coefficient (Wildman–Crippen LogP) is 2.24. The second-order valence-corrected chi connectivity index (χ2v) is 4.96. The van der Waals surface area contributed by atoms with Crippen LogP contribution in [0.1, 0.15) is 30.0 Å². The van der Waals surface area contributed by atoms with E-state index in [1.54, 1.807) is 17.8 Å². The third-order valence-electron chi connectivity index (χ3n) is 3.25. The number of para-hydroxylation sites is 1. The molecule has 3 aromatic rings. The molecule has 1 unspecified atom stereocenters. The van der Waals surface area contributed by atoms with E-state index in [2.05, 4.69) is 27.4 Å². The molecule has 0 saturated heterocycles. The summed E-state index contributed by atoms with van der Waals surface area (Å²) >= 11 is 0. The minimum Gasteiger partial charge on any atom is -0.387 e. The molecule has 1 atom stereocenters. The Bertz CT molecular complexity index is 748. The first-order valence-electron chi connectivity index (χ1n) is 6.57. The quantitative estimate of drug-likeness (QED) is 0.791. The Morgan fingerprint density at radius 1 is 1.30 bits per heavy atom. The van der Waals surface area contributed by atoms with Gasteiger partial charge in [-0.15, -0.1) is 5.10 Å². The summed E-state index contributed by atoms with van der Waals surface area (Å²) in [5, 5.41) is 18.6. The summed E-state index contributed by atoms with van der Waals surface area (Å²) in [6, 6.07) is 10.1. The second kappa shape index (κ2) is 5.02. The maximum absolute atomic E-state index is 9.49. The van der Waals surface area contributed by atoms with Crippen molar-refractivity contribution in [3.8, 4) is 0 Å². The molecule has 0 fully saturated rings. The molecule has 2 aromatic heterocycles. The highest BCUT2D eigenvalue weighted by Gasteiger charge is 2.09. The van der Waals surface area contributed by atoms with E-state index < -0.39 is 6.10 Å². The number of rotatable bonds is 3. The summed E-state index contributed by atoms with van der Waals surface area (Å²) in [5.74, 6) is 0. The van der Waals surface area contributed by atoms with Crippen LogP contribution < -0.4 is 0 Å². The molecule has 0 spiro atoms. The number of hydrogen-bond acceptors (Lipinski definition) is 4. The molecule has 5 nitrogen and oxygen atoms in total. The van der Waals surface area contributed by atoms with Gasteiger partial charge < -0.3 is 5.11 Å². The Kier molecular flexibility index (Phi) is 3.20. The van der Waals surface area contributed by atoms with Crippen LogP contribution in [0.15, 0.2) is 36.5 Å². The van der Waals surface area contributed by atoms with E-state index in [0.29, 0.717) is 12.2 Å². The maximum atomic E-state index is 9.49. The third-order valence-corrected chi connectivity index (χ3v) is 3.25. The smallest absolute Gasteiger partial charge is 0.111 e. The van der Waals surface area contributed by atoms with Gasteiger partial charge in [-0.2, -0.15) is 0 Å². The van der Waals surface area contributed by atoms with Crippen LogP contribution in [0, 0.1) is 6.92 Å². The molecule has 0 bridgehead atoms. The van der Waals surface area contributed by atoms with Crippen LogP contribution in [0.25, 0.3) is 10.9 Å². The number of aromatic nitrogens is 4. The minimum atomic E-state index is -0.598. The molecule has 2 heterocycles. The lowest BCUT2D eigenvalue weighted by atomic mass is 10.1. The third kappa shape index (κ3) is 2.40. The molecule has 3 rings (SSSR count). The number of hydrogen-bond donors (Lipinski definition) is 1. The first-order valence-corrected chi connectivity index (χ1v) is 6.57. The molecule has 0 aliphatic carbocycles. The largest absolute Gasteiger partial charge is 0.387 e. The van der Waals surface area contributed by atoms with Gasteiger partial charge in [-0.05, 0) is 31.5 Å². The van der Waals surface area contributed by atoms with Crippen molar-refractivity contribution in [2.75, 3.05) is 0 Å². The monoisotopic (exact) mass is 268 g/mol. The average molecular weight is 268 g/mol. The molecule has 5 heteroatoms. The molecule has 0 aliphatic heterocycles. The topological polar surface area (TPSA) is 63.8 Å². The Morgan fingerprint density at radius 2 is 2.10 bits per heavy atom. The molecule has 1 aromatic carbocycles. The fourth-order valence-electron chi connectivity index (χ4n) is 2.28. The summed E-state index contributed by atoms with van der Waals surface area (Å²) in [5.41, 5.74) is 3.70. The maximum Gasteiger partial charge on any atom is 0.111 e. The highest BCUT2D eigenvalue weighted by molar-refractivity contribution is 5.82. The van der Waals surface area contributed by atoms with Crippen LogP contribution in [0.3, 0.4) is 0 Å². The molecule has 0 radical (unpaired) electrons. The van der Waals surface area contributed by atoms with Crippen molar-refractivity contribution in [1.29, 1.82) is 0 Å². The standard InChI is InChI=1S/C15H16N4O/c1-10-7-12(13-5-3-4-6-14(13)16-10)8-19-9-15(11(2)20)17-18-19/h3-7,9,11,20H,8H2,1-2H3. The zero-order chi connectivity index (χ0) is 14.1. The van der Waals surface area contributed by atoms with E-state index in [4.69, 9.17) is 0 Å². The van der Waals surface area contributed by atoms with Crippen LogP contribution in [0.4, 0.5) is 0 Å². The van der Waals surface area contributed by atoms with Crippen molar-refractivity contribution in [3.63, 3.8) is 0 Å². The van der Waals surface area contributed by atoms with Gasteiger partial charge in [0.05, 0.1) is 24.4 Å². The predicted molar refractivity (Wildman–Crippen MR) is 76.2 cm³/mol. The fraction of sp³-hybridized carbons (Fsp3) is 0.267. The van der Waals surface area contributed by atoms with Crippen LogP contribution in [0.5, 0.6) is 0 Å². The minimum absolute atomic E-state index is 0.583.